The van der Waals surface area contributed by atoms with Gasteiger partial charge in [-0.2, -0.15) is 0 Å². The number of hydrogen-bond acceptors (Lipinski definition) is 3. The van der Waals surface area contributed by atoms with Crippen molar-refractivity contribution in [1.82, 2.24) is 4.90 Å². The van der Waals surface area contributed by atoms with Crippen molar-refractivity contribution in [3.05, 3.63) is 95.6 Å². The molecule has 0 aliphatic heterocycles. The molecule has 3 nitrogen and oxygen atoms in total. The highest BCUT2D eigenvalue weighted by atomic mass is 16.5. The van der Waals surface area contributed by atoms with Crippen LogP contribution < -0.4 is 9.47 Å². The average Bonchev–Trinajstić information content (AvgIpc) is 2.78. The number of ether oxygens (including phenoxy) is 2. The van der Waals surface area contributed by atoms with Crippen molar-refractivity contribution >= 4 is 0 Å². The van der Waals surface area contributed by atoms with Crippen molar-refractivity contribution < 1.29 is 9.47 Å². The zero-order valence-electron chi connectivity index (χ0n) is 16.9. The fraction of sp³-hybridized carbons (Fsp3) is 0.231. The summed E-state index contributed by atoms with van der Waals surface area (Å²) in [6.45, 7) is 2.66. The minimum atomic E-state index is 0.493. The predicted octanol–water partition coefficient (Wildman–Crippen LogP) is 4.95. The Hall–Kier alpha value is -3.22. The lowest BCUT2D eigenvalue weighted by Crippen LogP contribution is -2.26. The summed E-state index contributed by atoms with van der Waals surface area (Å²) in [6.07, 6.45) is 6.58. The summed E-state index contributed by atoms with van der Waals surface area (Å²) in [7, 11) is 1.67. The zero-order chi connectivity index (χ0) is 20.3. The highest BCUT2D eigenvalue weighted by Crippen LogP contribution is 2.32. The molecule has 0 aliphatic carbocycles. The van der Waals surface area contributed by atoms with Gasteiger partial charge in [0.1, 0.15) is 6.61 Å². The first kappa shape index (κ1) is 20.5. The molecule has 0 aliphatic rings. The van der Waals surface area contributed by atoms with Gasteiger partial charge in [0, 0.05) is 18.7 Å². The van der Waals surface area contributed by atoms with E-state index in [1.54, 1.807) is 7.11 Å². The minimum Gasteiger partial charge on any atom is -0.493 e. The summed E-state index contributed by atoms with van der Waals surface area (Å²) in [5, 5.41) is 0. The molecule has 0 aromatic heterocycles. The van der Waals surface area contributed by atoms with Crippen LogP contribution in [0.2, 0.25) is 0 Å². The van der Waals surface area contributed by atoms with Crippen LogP contribution >= 0.6 is 0 Å². The van der Waals surface area contributed by atoms with Gasteiger partial charge in [0.2, 0.25) is 0 Å². The highest BCUT2D eigenvalue weighted by Gasteiger charge is 2.14. The van der Waals surface area contributed by atoms with Crippen molar-refractivity contribution in [3.63, 3.8) is 0 Å². The molecule has 0 saturated carbocycles. The van der Waals surface area contributed by atoms with Gasteiger partial charge in [-0.25, -0.2) is 0 Å². The third-order valence-corrected chi connectivity index (χ3v) is 4.77. The SMILES string of the molecule is C#CCN(CCc1ccccc1)Cc1cccc(OC)c1OCc1ccccc1. The van der Waals surface area contributed by atoms with E-state index in [4.69, 9.17) is 15.9 Å². The van der Waals surface area contributed by atoms with Crippen LogP contribution in [-0.2, 0) is 19.6 Å². The van der Waals surface area contributed by atoms with Crippen molar-refractivity contribution in [2.45, 2.75) is 19.6 Å². The molecule has 0 heterocycles. The van der Waals surface area contributed by atoms with Crippen molar-refractivity contribution in [3.8, 4) is 23.8 Å². The first-order valence-corrected chi connectivity index (χ1v) is 9.82. The molecule has 3 aromatic rings. The van der Waals surface area contributed by atoms with Gasteiger partial charge in [-0.15, -0.1) is 6.42 Å². The smallest absolute Gasteiger partial charge is 0.166 e. The van der Waals surface area contributed by atoms with E-state index in [1.807, 2.05) is 36.4 Å². The van der Waals surface area contributed by atoms with Gasteiger partial charge < -0.3 is 9.47 Å². The second kappa shape index (κ2) is 10.9. The van der Waals surface area contributed by atoms with E-state index in [9.17, 15) is 0 Å². The lowest BCUT2D eigenvalue weighted by Gasteiger charge is -2.22. The van der Waals surface area contributed by atoms with Crippen LogP contribution in [0.1, 0.15) is 16.7 Å². The normalized spacial score (nSPS) is 10.5. The fourth-order valence-electron chi connectivity index (χ4n) is 3.26. The Kier molecular flexibility index (Phi) is 7.74. The Morgan fingerprint density at radius 2 is 1.55 bits per heavy atom. The molecule has 3 rings (SSSR count). The number of para-hydroxylation sites is 1. The summed E-state index contributed by atoms with van der Waals surface area (Å²) in [6, 6.07) is 26.6. The number of nitrogens with zero attached hydrogens (tertiary/aromatic N) is 1. The molecular weight excluding hydrogens is 358 g/mol. The maximum atomic E-state index is 6.18. The maximum Gasteiger partial charge on any atom is 0.166 e. The maximum absolute atomic E-state index is 6.18. The van der Waals surface area contributed by atoms with Crippen molar-refractivity contribution in [1.29, 1.82) is 0 Å². The molecule has 148 valence electrons. The van der Waals surface area contributed by atoms with E-state index >= 15 is 0 Å². The minimum absolute atomic E-state index is 0.493. The van der Waals surface area contributed by atoms with E-state index in [0.717, 1.165) is 35.6 Å². The quantitative estimate of drug-likeness (QED) is 0.461. The van der Waals surface area contributed by atoms with Crippen LogP contribution in [0.15, 0.2) is 78.9 Å². The van der Waals surface area contributed by atoms with Gasteiger partial charge >= 0.3 is 0 Å². The van der Waals surface area contributed by atoms with Crippen LogP contribution in [0, 0.1) is 12.3 Å². The molecule has 0 radical (unpaired) electrons. The molecule has 0 spiro atoms. The molecule has 3 aromatic carbocycles. The first-order valence-electron chi connectivity index (χ1n) is 9.82. The van der Waals surface area contributed by atoms with Crippen LogP contribution in [0.3, 0.4) is 0 Å². The van der Waals surface area contributed by atoms with Crippen LogP contribution in [-0.4, -0.2) is 25.1 Å². The molecule has 0 amide bonds. The number of rotatable bonds is 10. The molecule has 0 unspecified atom stereocenters. The van der Waals surface area contributed by atoms with E-state index in [-0.39, 0.29) is 0 Å². The Labute approximate surface area is 173 Å². The lowest BCUT2D eigenvalue weighted by atomic mass is 10.1. The summed E-state index contributed by atoms with van der Waals surface area (Å²) >= 11 is 0. The second-order valence-electron chi connectivity index (χ2n) is 6.87. The summed E-state index contributed by atoms with van der Waals surface area (Å²) in [5.41, 5.74) is 3.50. The molecular formula is C26H27NO2. The van der Waals surface area contributed by atoms with Crippen molar-refractivity contribution in [2.24, 2.45) is 0 Å². The van der Waals surface area contributed by atoms with Gasteiger partial charge in [0.25, 0.3) is 0 Å². The Bertz CT molecular complexity index is 916. The first-order chi connectivity index (χ1) is 14.3. The summed E-state index contributed by atoms with van der Waals surface area (Å²) < 4.78 is 11.7. The third kappa shape index (κ3) is 6.14. The summed E-state index contributed by atoms with van der Waals surface area (Å²) in [4.78, 5) is 2.26. The number of benzene rings is 3. The lowest BCUT2D eigenvalue weighted by molar-refractivity contribution is 0.263. The van der Waals surface area contributed by atoms with Gasteiger partial charge in [-0.1, -0.05) is 78.7 Å². The van der Waals surface area contributed by atoms with Crippen molar-refractivity contribution in [2.75, 3.05) is 20.2 Å². The van der Waals surface area contributed by atoms with Gasteiger partial charge in [-0.3, -0.25) is 4.90 Å². The van der Waals surface area contributed by atoms with Crippen LogP contribution in [0.25, 0.3) is 0 Å². The summed E-state index contributed by atoms with van der Waals surface area (Å²) in [5.74, 6) is 4.30. The molecule has 29 heavy (non-hydrogen) atoms. The molecule has 0 atom stereocenters. The molecule has 0 fully saturated rings. The Balaban J connectivity index is 1.73. The molecule has 0 saturated heterocycles. The Morgan fingerprint density at radius 1 is 0.862 bits per heavy atom. The van der Waals surface area contributed by atoms with E-state index in [2.05, 4.69) is 53.3 Å². The molecule has 0 bridgehead atoms. The van der Waals surface area contributed by atoms with E-state index in [1.165, 1.54) is 5.56 Å². The number of terminal acetylenes is 1. The molecule has 3 heteroatoms. The predicted molar refractivity (Wildman–Crippen MR) is 118 cm³/mol. The average molecular weight is 386 g/mol. The zero-order valence-corrected chi connectivity index (χ0v) is 16.9. The monoisotopic (exact) mass is 385 g/mol. The topological polar surface area (TPSA) is 21.7 Å². The fourth-order valence-corrected chi connectivity index (χ4v) is 3.26. The van der Waals surface area contributed by atoms with Crippen LogP contribution in [0.4, 0.5) is 0 Å². The van der Waals surface area contributed by atoms with Gasteiger partial charge in [0.15, 0.2) is 11.5 Å². The Morgan fingerprint density at radius 3 is 2.21 bits per heavy atom. The van der Waals surface area contributed by atoms with E-state index in [0.29, 0.717) is 19.7 Å². The third-order valence-electron chi connectivity index (χ3n) is 4.77. The number of hydrogen-bond donors (Lipinski definition) is 0. The van der Waals surface area contributed by atoms with E-state index < -0.39 is 0 Å². The standard InChI is InChI=1S/C26H27NO2/c1-3-18-27(19-17-22-11-6-4-7-12-22)20-24-15-10-16-25(28-2)26(24)29-21-23-13-8-5-9-14-23/h1,4-16H,17-21H2,2H3. The second-order valence-corrected chi connectivity index (χ2v) is 6.87. The highest BCUT2D eigenvalue weighted by molar-refractivity contribution is 5.46. The van der Waals surface area contributed by atoms with Crippen LogP contribution in [0.5, 0.6) is 11.5 Å². The molecule has 0 N–H and O–H groups in total. The van der Waals surface area contributed by atoms with Gasteiger partial charge in [-0.05, 0) is 23.6 Å². The van der Waals surface area contributed by atoms with Gasteiger partial charge in [0.05, 0.1) is 13.7 Å². The number of methoxy groups -OCH3 is 1. The largest absolute Gasteiger partial charge is 0.493 e.